The number of hydrogen-bond donors (Lipinski definition) is 1. The van der Waals surface area contributed by atoms with Gasteiger partial charge in [0, 0.05) is 23.6 Å². The van der Waals surface area contributed by atoms with Gasteiger partial charge in [-0.1, -0.05) is 6.92 Å². The number of benzene rings is 1. The number of thiazole rings is 1. The maximum Gasteiger partial charge on any atom is 0.231 e. The molecule has 0 saturated carbocycles. The first-order chi connectivity index (χ1) is 10.4. The lowest BCUT2D eigenvalue weighted by molar-refractivity contribution is 0.173. The number of hydrogen-bond acceptors (Lipinski definition) is 6. The lowest BCUT2D eigenvalue weighted by atomic mass is 10.1. The number of ether oxygens (including phenoxy) is 3. The minimum atomic E-state index is 0.271. The third kappa shape index (κ3) is 3.46. The second kappa shape index (κ2) is 6.78. The van der Waals surface area contributed by atoms with Gasteiger partial charge in [-0.3, -0.25) is 0 Å². The molecule has 0 spiro atoms. The van der Waals surface area contributed by atoms with Crippen molar-refractivity contribution in [1.82, 2.24) is 10.3 Å². The molecule has 0 radical (unpaired) electrons. The zero-order valence-corrected chi connectivity index (χ0v) is 12.7. The molecule has 112 valence electrons. The molecule has 6 heteroatoms. The lowest BCUT2D eigenvalue weighted by Gasteiger charge is -2.12. The highest BCUT2D eigenvalue weighted by molar-refractivity contribution is 7.07. The van der Waals surface area contributed by atoms with Crippen molar-refractivity contribution in [3.8, 4) is 17.2 Å². The second-order valence-corrected chi connectivity index (χ2v) is 5.48. The van der Waals surface area contributed by atoms with Crippen molar-refractivity contribution in [3.05, 3.63) is 34.3 Å². The highest BCUT2D eigenvalue weighted by Gasteiger charge is 2.18. The van der Waals surface area contributed by atoms with Gasteiger partial charge in [0.2, 0.25) is 6.79 Å². The van der Waals surface area contributed by atoms with Crippen LogP contribution in [-0.4, -0.2) is 18.3 Å². The Morgan fingerprint density at radius 2 is 2.19 bits per heavy atom. The molecule has 0 atom stereocenters. The van der Waals surface area contributed by atoms with E-state index in [-0.39, 0.29) is 6.79 Å². The molecule has 3 rings (SSSR count). The quantitative estimate of drug-likeness (QED) is 0.797. The van der Waals surface area contributed by atoms with Crippen molar-refractivity contribution >= 4 is 11.3 Å². The van der Waals surface area contributed by atoms with E-state index in [0.29, 0.717) is 6.61 Å². The molecule has 2 aromatic rings. The summed E-state index contributed by atoms with van der Waals surface area (Å²) < 4.78 is 16.8. The van der Waals surface area contributed by atoms with Crippen molar-refractivity contribution in [2.75, 3.05) is 13.3 Å². The van der Waals surface area contributed by atoms with Gasteiger partial charge in [-0.15, -0.1) is 11.3 Å². The zero-order chi connectivity index (χ0) is 14.5. The molecular weight excluding hydrogens is 288 g/mol. The van der Waals surface area contributed by atoms with E-state index < -0.39 is 0 Å². The molecule has 1 N–H and O–H groups in total. The number of nitrogens with one attached hydrogen (secondary N) is 1. The van der Waals surface area contributed by atoms with Gasteiger partial charge >= 0.3 is 0 Å². The van der Waals surface area contributed by atoms with Crippen molar-refractivity contribution < 1.29 is 14.2 Å². The van der Waals surface area contributed by atoms with Crippen LogP contribution in [0.5, 0.6) is 17.2 Å². The summed E-state index contributed by atoms with van der Waals surface area (Å²) in [6, 6.07) is 3.89. The van der Waals surface area contributed by atoms with Crippen LogP contribution in [0.15, 0.2) is 23.0 Å². The summed E-state index contributed by atoms with van der Waals surface area (Å²) in [5, 5.41) is 5.37. The molecule has 1 aliphatic heterocycles. The summed E-state index contributed by atoms with van der Waals surface area (Å²) in [5.41, 5.74) is 3.82. The molecular formula is C15H18N2O3S. The molecule has 0 fully saturated rings. The first-order valence-electron chi connectivity index (χ1n) is 7.00. The molecule has 0 amide bonds. The van der Waals surface area contributed by atoms with Gasteiger partial charge in [-0.25, -0.2) is 4.98 Å². The molecule has 2 heterocycles. The highest BCUT2D eigenvalue weighted by Crippen LogP contribution is 2.38. The Morgan fingerprint density at radius 1 is 1.33 bits per heavy atom. The second-order valence-electron chi connectivity index (χ2n) is 4.76. The van der Waals surface area contributed by atoms with Crippen molar-refractivity contribution in [2.24, 2.45) is 0 Å². The van der Waals surface area contributed by atoms with Crippen molar-refractivity contribution in [2.45, 2.75) is 26.5 Å². The number of fused-ring (bicyclic) bond motifs is 1. The highest BCUT2D eigenvalue weighted by atomic mass is 32.1. The Labute approximate surface area is 127 Å². The Hall–Kier alpha value is -1.79. The normalized spacial score (nSPS) is 12.6. The number of nitrogens with zero attached hydrogens (tertiary/aromatic N) is 1. The Kier molecular flexibility index (Phi) is 4.57. The van der Waals surface area contributed by atoms with E-state index in [0.717, 1.165) is 48.0 Å². The first-order valence-corrected chi connectivity index (χ1v) is 7.94. The monoisotopic (exact) mass is 306 g/mol. The smallest absolute Gasteiger partial charge is 0.231 e. The molecule has 1 aromatic carbocycles. The van der Waals surface area contributed by atoms with Gasteiger partial charge in [0.1, 0.15) is 12.4 Å². The van der Waals surface area contributed by atoms with E-state index in [9.17, 15) is 0 Å². The average Bonchev–Trinajstić information content (AvgIpc) is 3.16. The Bertz CT molecular complexity index is 587. The van der Waals surface area contributed by atoms with Crippen LogP contribution < -0.4 is 19.5 Å². The van der Waals surface area contributed by atoms with Crippen LogP contribution in [0.4, 0.5) is 0 Å². The van der Waals surface area contributed by atoms with Gasteiger partial charge in [-0.2, -0.15) is 0 Å². The van der Waals surface area contributed by atoms with Crippen LogP contribution in [0, 0.1) is 0 Å². The van der Waals surface area contributed by atoms with Crippen LogP contribution in [-0.2, 0) is 13.2 Å². The topological polar surface area (TPSA) is 52.6 Å². The summed E-state index contributed by atoms with van der Waals surface area (Å²) >= 11 is 1.57. The van der Waals surface area contributed by atoms with Gasteiger partial charge in [-0.05, 0) is 19.0 Å². The molecule has 0 bridgehead atoms. The van der Waals surface area contributed by atoms with E-state index in [2.05, 4.69) is 17.2 Å². The van der Waals surface area contributed by atoms with E-state index >= 15 is 0 Å². The van der Waals surface area contributed by atoms with Gasteiger partial charge in [0.15, 0.2) is 11.5 Å². The van der Waals surface area contributed by atoms with Gasteiger partial charge < -0.3 is 19.5 Å². The van der Waals surface area contributed by atoms with Gasteiger partial charge in [0.05, 0.1) is 11.2 Å². The minimum absolute atomic E-state index is 0.271. The summed E-state index contributed by atoms with van der Waals surface area (Å²) in [4.78, 5) is 4.23. The Morgan fingerprint density at radius 3 is 2.95 bits per heavy atom. The maximum atomic E-state index is 5.91. The van der Waals surface area contributed by atoms with Gasteiger partial charge in [0.25, 0.3) is 0 Å². The van der Waals surface area contributed by atoms with E-state index in [1.54, 1.807) is 11.3 Å². The molecule has 0 saturated heterocycles. The number of rotatable bonds is 7. The standard InChI is InChI=1S/C15H18N2O3S/c1-2-3-16-6-11-4-14-15(20-10-19-14)5-13(11)18-7-12-8-21-9-17-12/h4-5,8-9,16H,2-3,6-7,10H2,1H3. The third-order valence-corrected chi connectivity index (χ3v) is 3.79. The summed E-state index contributed by atoms with van der Waals surface area (Å²) in [5.74, 6) is 2.34. The molecule has 21 heavy (non-hydrogen) atoms. The van der Waals surface area contributed by atoms with E-state index in [1.807, 2.05) is 23.0 Å². The summed E-state index contributed by atoms with van der Waals surface area (Å²) in [6.45, 7) is 4.60. The van der Waals surface area contributed by atoms with Crippen molar-refractivity contribution in [1.29, 1.82) is 0 Å². The lowest BCUT2D eigenvalue weighted by Crippen LogP contribution is -2.14. The average molecular weight is 306 g/mol. The molecule has 0 aliphatic carbocycles. The van der Waals surface area contributed by atoms with Crippen LogP contribution in [0.25, 0.3) is 0 Å². The van der Waals surface area contributed by atoms with Crippen LogP contribution in [0.2, 0.25) is 0 Å². The SMILES string of the molecule is CCCNCc1cc2c(cc1OCc1cscn1)OCO2. The fourth-order valence-corrected chi connectivity index (χ4v) is 2.64. The molecule has 5 nitrogen and oxygen atoms in total. The zero-order valence-electron chi connectivity index (χ0n) is 11.9. The summed E-state index contributed by atoms with van der Waals surface area (Å²) in [7, 11) is 0. The van der Waals surface area contributed by atoms with Crippen LogP contribution in [0.3, 0.4) is 0 Å². The fourth-order valence-electron chi connectivity index (χ4n) is 2.10. The third-order valence-electron chi connectivity index (χ3n) is 3.16. The maximum absolute atomic E-state index is 5.91. The first kappa shape index (κ1) is 14.2. The van der Waals surface area contributed by atoms with Crippen molar-refractivity contribution in [3.63, 3.8) is 0 Å². The van der Waals surface area contributed by atoms with Crippen LogP contribution in [0.1, 0.15) is 24.6 Å². The molecule has 1 aromatic heterocycles. The van der Waals surface area contributed by atoms with Crippen LogP contribution >= 0.6 is 11.3 Å². The molecule has 0 unspecified atom stereocenters. The van der Waals surface area contributed by atoms with E-state index in [1.165, 1.54) is 0 Å². The molecule has 1 aliphatic rings. The van der Waals surface area contributed by atoms with E-state index in [4.69, 9.17) is 14.2 Å². The largest absolute Gasteiger partial charge is 0.487 e. The predicted molar refractivity (Wildman–Crippen MR) is 81.0 cm³/mol. The fraction of sp³-hybridized carbons (Fsp3) is 0.400. The number of aromatic nitrogens is 1. The predicted octanol–water partition coefficient (Wildman–Crippen LogP) is 2.95. The Balaban J connectivity index is 1.75. The summed E-state index contributed by atoms with van der Waals surface area (Å²) in [6.07, 6.45) is 1.10. The minimum Gasteiger partial charge on any atom is -0.487 e.